The second-order valence-electron chi connectivity index (χ2n) is 7.02. The van der Waals surface area contributed by atoms with Crippen molar-refractivity contribution in [3.63, 3.8) is 0 Å². The maximum atomic E-state index is 8.98. The molecular formula is C17H31NSi. The molecule has 1 saturated carbocycles. The highest BCUT2D eigenvalue weighted by atomic mass is 28.3. The molecule has 1 saturated heterocycles. The van der Waals surface area contributed by atoms with Crippen molar-refractivity contribution in [3.8, 4) is 6.07 Å². The lowest BCUT2D eigenvalue weighted by atomic mass is 9.74. The van der Waals surface area contributed by atoms with Gasteiger partial charge in [0.25, 0.3) is 0 Å². The molecule has 0 amide bonds. The zero-order chi connectivity index (χ0) is 13.5. The van der Waals surface area contributed by atoms with Crippen molar-refractivity contribution in [2.45, 2.75) is 82.8 Å². The predicted molar refractivity (Wildman–Crippen MR) is 84.9 cm³/mol. The molecule has 0 aromatic rings. The van der Waals surface area contributed by atoms with Crippen LogP contribution < -0.4 is 0 Å². The quantitative estimate of drug-likeness (QED) is 0.504. The lowest BCUT2D eigenvalue weighted by Gasteiger charge is -2.36. The van der Waals surface area contributed by atoms with Crippen molar-refractivity contribution in [2.75, 3.05) is 0 Å². The van der Waals surface area contributed by atoms with Gasteiger partial charge in [0.05, 0.1) is 6.07 Å². The van der Waals surface area contributed by atoms with E-state index in [1.165, 1.54) is 44.9 Å². The van der Waals surface area contributed by atoms with E-state index in [4.69, 9.17) is 5.26 Å². The maximum Gasteiger partial charge on any atom is 0.0655 e. The van der Waals surface area contributed by atoms with Crippen LogP contribution in [0, 0.1) is 29.1 Å². The molecule has 0 spiro atoms. The van der Waals surface area contributed by atoms with Crippen LogP contribution in [0.5, 0.6) is 0 Å². The van der Waals surface area contributed by atoms with Crippen molar-refractivity contribution in [1.82, 2.24) is 0 Å². The van der Waals surface area contributed by atoms with Crippen LogP contribution in [0.4, 0.5) is 0 Å². The van der Waals surface area contributed by atoms with Gasteiger partial charge in [-0.15, -0.1) is 0 Å². The second-order valence-corrected chi connectivity index (χ2v) is 10.5. The van der Waals surface area contributed by atoms with E-state index in [-0.39, 0.29) is 8.80 Å². The van der Waals surface area contributed by atoms with Gasteiger partial charge in [0, 0.05) is 14.7 Å². The topological polar surface area (TPSA) is 23.8 Å². The van der Waals surface area contributed by atoms with E-state index in [0.29, 0.717) is 5.92 Å². The summed E-state index contributed by atoms with van der Waals surface area (Å²) >= 11 is 0. The molecule has 2 heteroatoms. The average molecular weight is 278 g/mol. The molecule has 0 bridgehead atoms. The van der Waals surface area contributed by atoms with Crippen molar-refractivity contribution >= 4 is 8.80 Å². The fraction of sp³-hybridized carbons (Fsp3) is 0.941. The Morgan fingerprint density at radius 2 is 1.58 bits per heavy atom. The number of unbranched alkanes of at least 4 members (excludes halogenated alkanes) is 2. The summed E-state index contributed by atoms with van der Waals surface area (Å²) in [7, 11) is -0.321. The first-order chi connectivity index (χ1) is 9.33. The molecule has 0 unspecified atom stereocenters. The highest BCUT2D eigenvalue weighted by molar-refractivity contribution is 6.58. The number of nitriles is 1. The van der Waals surface area contributed by atoms with Gasteiger partial charge in [-0.2, -0.15) is 5.26 Å². The Bertz CT molecular complexity index is 280. The van der Waals surface area contributed by atoms with Crippen LogP contribution in [0.3, 0.4) is 0 Å². The molecule has 0 aromatic carbocycles. The summed E-state index contributed by atoms with van der Waals surface area (Å²) in [5.41, 5.74) is 0. The van der Waals surface area contributed by atoms with Crippen molar-refractivity contribution in [2.24, 2.45) is 17.8 Å². The molecule has 0 aromatic heterocycles. The fourth-order valence-electron chi connectivity index (χ4n) is 4.35. The van der Waals surface area contributed by atoms with Crippen LogP contribution in [-0.4, -0.2) is 8.80 Å². The van der Waals surface area contributed by atoms with Gasteiger partial charge >= 0.3 is 0 Å². The molecule has 2 rings (SSSR count). The normalized spacial score (nSPS) is 35.8. The summed E-state index contributed by atoms with van der Waals surface area (Å²) in [5, 5.41) is 8.98. The molecule has 2 fully saturated rings. The summed E-state index contributed by atoms with van der Waals surface area (Å²) in [6, 6.07) is 7.36. The average Bonchev–Trinajstić information content (AvgIpc) is 2.48. The van der Waals surface area contributed by atoms with E-state index in [0.717, 1.165) is 11.8 Å². The van der Waals surface area contributed by atoms with E-state index < -0.39 is 0 Å². The second kappa shape index (κ2) is 8.10. The Morgan fingerprint density at radius 1 is 0.947 bits per heavy atom. The standard InChI is InChI=1S/C17H31NSi/c1-2-3-4-11-19-12-9-17(10-13-19)16-7-5-15(14-18)6-8-16/h15-17,19H,2-13H2,1H3/t15?,16?,17-,19-. The van der Waals surface area contributed by atoms with Gasteiger partial charge in [0.2, 0.25) is 0 Å². The Hall–Kier alpha value is -0.293. The smallest absolute Gasteiger partial charge is 0.0655 e. The minimum atomic E-state index is -0.321. The van der Waals surface area contributed by atoms with Gasteiger partial charge in [0.1, 0.15) is 0 Å². The molecule has 0 radical (unpaired) electrons. The van der Waals surface area contributed by atoms with Gasteiger partial charge in [-0.1, -0.05) is 57.2 Å². The van der Waals surface area contributed by atoms with E-state index in [1.807, 2.05) is 0 Å². The third kappa shape index (κ3) is 4.63. The van der Waals surface area contributed by atoms with Crippen LogP contribution in [0.15, 0.2) is 0 Å². The molecule has 1 aliphatic carbocycles. The summed E-state index contributed by atoms with van der Waals surface area (Å²) in [5.74, 6) is 2.40. The monoisotopic (exact) mass is 277 g/mol. The van der Waals surface area contributed by atoms with Gasteiger partial charge in [-0.05, 0) is 37.5 Å². The van der Waals surface area contributed by atoms with Gasteiger partial charge in [-0.25, -0.2) is 0 Å². The SMILES string of the molecule is CCCCC[Si@H]1CC[C@H](C2CCC(C#N)CC2)CC1. The third-order valence-electron chi connectivity index (χ3n) is 5.73. The van der Waals surface area contributed by atoms with Crippen LogP contribution >= 0.6 is 0 Å². The molecule has 1 aliphatic heterocycles. The highest BCUT2D eigenvalue weighted by Crippen LogP contribution is 2.40. The van der Waals surface area contributed by atoms with Gasteiger partial charge in [0.15, 0.2) is 0 Å². The van der Waals surface area contributed by atoms with Crippen LogP contribution in [0.1, 0.15) is 64.7 Å². The molecule has 2 aliphatic rings. The Kier molecular flexibility index (Phi) is 6.44. The zero-order valence-electron chi connectivity index (χ0n) is 12.7. The third-order valence-corrected chi connectivity index (χ3v) is 9.25. The first kappa shape index (κ1) is 15.1. The summed E-state index contributed by atoms with van der Waals surface area (Å²) < 4.78 is 0. The maximum absolute atomic E-state index is 8.98. The van der Waals surface area contributed by atoms with Crippen molar-refractivity contribution < 1.29 is 0 Å². The largest absolute Gasteiger partial charge is 0.198 e. The van der Waals surface area contributed by atoms with Gasteiger partial charge < -0.3 is 0 Å². The van der Waals surface area contributed by atoms with E-state index in [2.05, 4.69) is 13.0 Å². The molecule has 0 N–H and O–H groups in total. The predicted octanol–water partition coefficient (Wildman–Crippen LogP) is 5.14. The fourth-order valence-corrected chi connectivity index (χ4v) is 7.88. The van der Waals surface area contributed by atoms with Crippen molar-refractivity contribution in [3.05, 3.63) is 0 Å². The first-order valence-electron chi connectivity index (χ1n) is 8.73. The molecule has 19 heavy (non-hydrogen) atoms. The number of hydrogen-bond acceptors (Lipinski definition) is 1. The number of nitrogens with zero attached hydrogens (tertiary/aromatic N) is 1. The zero-order valence-corrected chi connectivity index (χ0v) is 13.9. The Morgan fingerprint density at radius 3 is 2.16 bits per heavy atom. The molecule has 1 heterocycles. The Balaban J connectivity index is 1.65. The lowest BCUT2D eigenvalue weighted by Crippen LogP contribution is -2.28. The highest BCUT2D eigenvalue weighted by Gasteiger charge is 2.30. The summed E-state index contributed by atoms with van der Waals surface area (Å²) in [6.45, 7) is 2.32. The van der Waals surface area contributed by atoms with E-state index in [9.17, 15) is 0 Å². The number of rotatable bonds is 5. The first-order valence-corrected chi connectivity index (χ1v) is 11.2. The van der Waals surface area contributed by atoms with Crippen LogP contribution in [0.2, 0.25) is 18.1 Å². The van der Waals surface area contributed by atoms with Crippen LogP contribution in [-0.2, 0) is 0 Å². The minimum Gasteiger partial charge on any atom is -0.198 e. The Labute approximate surface area is 121 Å². The molecular weight excluding hydrogens is 246 g/mol. The van der Waals surface area contributed by atoms with Gasteiger partial charge in [-0.3, -0.25) is 0 Å². The summed E-state index contributed by atoms with van der Waals surface area (Å²) in [4.78, 5) is 0. The van der Waals surface area contributed by atoms with E-state index >= 15 is 0 Å². The van der Waals surface area contributed by atoms with Crippen molar-refractivity contribution in [1.29, 1.82) is 5.26 Å². The van der Waals surface area contributed by atoms with Crippen LogP contribution in [0.25, 0.3) is 0 Å². The molecule has 0 atom stereocenters. The molecule has 1 nitrogen and oxygen atoms in total. The number of hydrogen-bond donors (Lipinski definition) is 0. The minimum absolute atomic E-state index is 0.321. The lowest BCUT2D eigenvalue weighted by molar-refractivity contribution is 0.210. The summed E-state index contributed by atoms with van der Waals surface area (Å²) in [6.07, 6.45) is 12.5. The van der Waals surface area contributed by atoms with E-state index in [1.54, 1.807) is 31.0 Å². The molecule has 108 valence electrons.